The van der Waals surface area contributed by atoms with E-state index in [0.29, 0.717) is 37.7 Å². The standard InChI is InChI=1S/C29H32F3N3O3S/c30-29(31,32)23-4-1-19(2-5-23)15-25-17-22-16-21(3-10-27(22)35(25)24-6-7-24)28(36)33-18-20-11-13-34(14-12-20)39(37,38)26-8-9-26/h1-5,10,16-17,20,24,26H,6-9,11-15,18H2,(H,33,36). The van der Waals surface area contributed by atoms with Crippen LogP contribution in [0.1, 0.15) is 71.7 Å². The zero-order valence-electron chi connectivity index (χ0n) is 21.6. The fraction of sp³-hybridized carbons (Fsp3) is 0.483. The van der Waals surface area contributed by atoms with Crippen molar-refractivity contribution in [2.45, 2.75) is 62.4 Å². The average Bonchev–Trinajstić information content (AvgIpc) is 3.84. The SMILES string of the molecule is O=C(NCC1CCN(S(=O)(=O)C2CC2)CC1)c1ccc2c(c1)cc(Cc1ccc(C(F)(F)F)cc1)n2C1CC1. The second-order valence-electron chi connectivity index (χ2n) is 11.2. The highest BCUT2D eigenvalue weighted by Gasteiger charge is 2.41. The number of benzene rings is 2. The van der Waals surface area contributed by atoms with E-state index in [1.165, 1.54) is 12.1 Å². The van der Waals surface area contributed by atoms with E-state index in [-0.39, 0.29) is 17.1 Å². The van der Waals surface area contributed by atoms with Crippen LogP contribution in [0.5, 0.6) is 0 Å². The van der Waals surface area contributed by atoms with Crippen molar-refractivity contribution < 1.29 is 26.4 Å². The van der Waals surface area contributed by atoms with Gasteiger partial charge in [0.1, 0.15) is 0 Å². The molecule has 1 aromatic heterocycles. The maximum atomic E-state index is 13.0. The van der Waals surface area contributed by atoms with Gasteiger partial charge in [-0.1, -0.05) is 12.1 Å². The fourth-order valence-corrected chi connectivity index (χ4v) is 7.51. The van der Waals surface area contributed by atoms with Crippen molar-refractivity contribution in [2.75, 3.05) is 19.6 Å². The Balaban J connectivity index is 1.12. The van der Waals surface area contributed by atoms with Crippen LogP contribution in [0.25, 0.3) is 10.9 Å². The number of sulfonamides is 1. The van der Waals surface area contributed by atoms with Gasteiger partial charge >= 0.3 is 6.18 Å². The molecule has 2 aromatic carbocycles. The Morgan fingerprint density at radius 3 is 2.23 bits per heavy atom. The van der Waals surface area contributed by atoms with Crippen LogP contribution < -0.4 is 5.32 Å². The van der Waals surface area contributed by atoms with Crippen LogP contribution in [0, 0.1) is 5.92 Å². The molecular weight excluding hydrogens is 527 g/mol. The smallest absolute Gasteiger partial charge is 0.352 e. The summed E-state index contributed by atoms with van der Waals surface area (Å²) in [5.41, 5.74) is 2.77. The van der Waals surface area contributed by atoms with Gasteiger partial charge in [-0.3, -0.25) is 4.79 Å². The summed E-state index contributed by atoms with van der Waals surface area (Å²) in [6.07, 6.45) is 1.30. The van der Waals surface area contributed by atoms with Gasteiger partial charge in [0.2, 0.25) is 10.0 Å². The Kier molecular flexibility index (Phi) is 6.74. The number of nitrogens with zero attached hydrogens (tertiary/aromatic N) is 2. The van der Waals surface area contributed by atoms with Crippen LogP contribution in [-0.2, 0) is 22.6 Å². The molecule has 3 aliphatic rings. The molecule has 6 rings (SSSR count). The van der Waals surface area contributed by atoms with E-state index in [9.17, 15) is 26.4 Å². The fourth-order valence-electron chi connectivity index (χ4n) is 5.64. The highest BCUT2D eigenvalue weighted by atomic mass is 32.2. The van der Waals surface area contributed by atoms with Gasteiger partial charge < -0.3 is 9.88 Å². The van der Waals surface area contributed by atoms with Gasteiger partial charge in [-0.05, 0) is 86.4 Å². The molecule has 0 spiro atoms. The number of halogens is 3. The zero-order chi connectivity index (χ0) is 27.4. The number of alkyl halides is 3. The minimum absolute atomic E-state index is 0.159. The number of carbonyl (C=O) groups is 1. The largest absolute Gasteiger partial charge is 0.416 e. The maximum Gasteiger partial charge on any atom is 0.416 e. The van der Waals surface area contributed by atoms with Crippen molar-refractivity contribution in [3.05, 3.63) is 70.9 Å². The molecule has 0 atom stereocenters. The summed E-state index contributed by atoms with van der Waals surface area (Å²) in [4.78, 5) is 13.0. The monoisotopic (exact) mass is 559 g/mol. The number of aromatic nitrogens is 1. The van der Waals surface area contributed by atoms with Gasteiger partial charge in [-0.25, -0.2) is 12.7 Å². The molecule has 3 fully saturated rings. The molecule has 208 valence electrons. The third-order valence-electron chi connectivity index (χ3n) is 8.19. The summed E-state index contributed by atoms with van der Waals surface area (Å²) in [6, 6.07) is 13.4. The minimum atomic E-state index is -4.35. The lowest BCUT2D eigenvalue weighted by Crippen LogP contribution is -2.42. The first-order valence-electron chi connectivity index (χ1n) is 13.7. The molecule has 3 aromatic rings. The summed E-state index contributed by atoms with van der Waals surface area (Å²) in [7, 11) is -3.14. The van der Waals surface area contributed by atoms with Crippen LogP contribution in [0.2, 0.25) is 0 Å². The third-order valence-corrected chi connectivity index (χ3v) is 10.6. The normalized spacial score (nSPS) is 19.5. The Bertz CT molecular complexity index is 1480. The topological polar surface area (TPSA) is 71.4 Å². The molecule has 39 heavy (non-hydrogen) atoms. The lowest BCUT2D eigenvalue weighted by Gasteiger charge is -2.31. The first-order chi connectivity index (χ1) is 18.6. The molecule has 10 heteroatoms. The van der Waals surface area contributed by atoms with E-state index in [1.54, 1.807) is 4.31 Å². The number of nitrogens with one attached hydrogen (secondary N) is 1. The Morgan fingerprint density at radius 2 is 1.62 bits per heavy atom. The Hall–Kier alpha value is -2.85. The molecule has 1 saturated heterocycles. The average molecular weight is 560 g/mol. The lowest BCUT2D eigenvalue weighted by atomic mass is 9.98. The summed E-state index contributed by atoms with van der Waals surface area (Å²) in [5.74, 6) is 0.0861. The number of carbonyl (C=O) groups excluding carboxylic acids is 1. The summed E-state index contributed by atoms with van der Waals surface area (Å²) in [6.45, 7) is 1.54. The number of piperidine rings is 1. The quantitative estimate of drug-likeness (QED) is 0.395. The van der Waals surface area contributed by atoms with Crippen LogP contribution >= 0.6 is 0 Å². The van der Waals surface area contributed by atoms with Crippen molar-refractivity contribution in [2.24, 2.45) is 5.92 Å². The number of hydrogen-bond acceptors (Lipinski definition) is 3. The van der Waals surface area contributed by atoms with E-state index in [1.807, 2.05) is 24.3 Å². The second-order valence-corrected chi connectivity index (χ2v) is 13.4. The van der Waals surface area contributed by atoms with Crippen LogP contribution in [0.15, 0.2) is 48.5 Å². The van der Waals surface area contributed by atoms with Gasteiger partial charge in [0, 0.05) is 54.3 Å². The number of amides is 1. The second kappa shape index (κ2) is 9.96. The number of hydrogen-bond donors (Lipinski definition) is 1. The van der Waals surface area contributed by atoms with E-state index in [0.717, 1.165) is 72.8 Å². The predicted molar refractivity (Wildman–Crippen MR) is 143 cm³/mol. The summed E-state index contributed by atoms with van der Waals surface area (Å²) < 4.78 is 67.6. The summed E-state index contributed by atoms with van der Waals surface area (Å²) >= 11 is 0. The van der Waals surface area contributed by atoms with Crippen molar-refractivity contribution >= 4 is 26.8 Å². The van der Waals surface area contributed by atoms with E-state index in [4.69, 9.17) is 0 Å². The van der Waals surface area contributed by atoms with Crippen LogP contribution in [-0.4, -0.2) is 48.1 Å². The lowest BCUT2D eigenvalue weighted by molar-refractivity contribution is -0.137. The van der Waals surface area contributed by atoms with Crippen molar-refractivity contribution in [3.63, 3.8) is 0 Å². The van der Waals surface area contributed by atoms with E-state index < -0.39 is 21.8 Å². The molecule has 2 heterocycles. The van der Waals surface area contributed by atoms with Gasteiger partial charge in [-0.2, -0.15) is 13.2 Å². The molecule has 1 amide bonds. The molecular formula is C29H32F3N3O3S. The maximum absolute atomic E-state index is 13.0. The first-order valence-corrected chi connectivity index (χ1v) is 15.2. The molecule has 2 saturated carbocycles. The molecule has 0 unspecified atom stereocenters. The number of fused-ring (bicyclic) bond motifs is 1. The number of rotatable bonds is 8. The Morgan fingerprint density at radius 1 is 0.923 bits per heavy atom. The van der Waals surface area contributed by atoms with Gasteiger partial charge in [-0.15, -0.1) is 0 Å². The molecule has 1 aliphatic heterocycles. The van der Waals surface area contributed by atoms with Crippen molar-refractivity contribution in [1.29, 1.82) is 0 Å². The highest BCUT2D eigenvalue weighted by molar-refractivity contribution is 7.90. The van der Waals surface area contributed by atoms with Crippen molar-refractivity contribution in [1.82, 2.24) is 14.2 Å². The molecule has 0 bridgehead atoms. The van der Waals surface area contributed by atoms with Gasteiger partial charge in [0.15, 0.2) is 0 Å². The first kappa shape index (κ1) is 26.4. The van der Waals surface area contributed by atoms with Gasteiger partial charge in [0.05, 0.1) is 10.8 Å². The third kappa shape index (κ3) is 5.59. The Labute approximate surface area is 226 Å². The van der Waals surface area contributed by atoms with E-state index in [2.05, 4.69) is 9.88 Å². The highest BCUT2D eigenvalue weighted by Crippen LogP contribution is 2.40. The molecule has 2 aliphatic carbocycles. The molecule has 6 nitrogen and oxygen atoms in total. The molecule has 1 N–H and O–H groups in total. The van der Waals surface area contributed by atoms with Gasteiger partial charge in [0.25, 0.3) is 5.91 Å². The van der Waals surface area contributed by atoms with E-state index >= 15 is 0 Å². The molecule has 0 radical (unpaired) electrons. The zero-order valence-corrected chi connectivity index (χ0v) is 22.4. The van der Waals surface area contributed by atoms with Crippen LogP contribution in [0.3, 0.4) is 0 Å². The van der Waals surface area contributed by atoms with Crippen LogP contribution in [0.4, 0.5) is 13.2 Å². The van der Waals surface area contributed by atoms with Crippen molar-refractivity contribution in [3.8, 4) is 0 Å². The summed E-state index contributed by atoms with van der Waals surface area (Å²) in [5, 5.41) is 3.78. The minimum Gasteiger partial charge on any atom is -0.352 e. The predicted octanol–water partition coefficient (Wildman–Crippen LogP) is 5.52.